The van der Waals surface area contributed by atoms with Crippen LogP contribution in [0.2, 0.25) is 0 Å². The third-order valence-electron chi connectivity index (χ3n) is 2.65. The molecule has 0 fully saturated rings. The number of pyridine rings is 1. The molecule has 0 amide bonds. The minimum absolute atomic E-state index is 0.306. The molecule has 0 atom stereocenters. The van der Waals surface area contributed by atoms with Gasteiger partial charge >= 0.3 is 0 Å². The molecule has 1 aliphatic heterocycles. The number of hydrogen-bond donors (Lipinski definition) is 2. The first-order valence-corrected chi connectivity index (χ1v) is 5.15. The van der Waals surface area contributed by atoms with Gasteiger partial charge in [0.15, 0.2) is 0 Å². The molecule has 1 aliphatic rings. The molecule has 16 heavy (non-hydrogen) atoms. The van der Waals surface area contributed by atoms with Gasteiger partial charge in [0.2, 0.25) is 5.95 Å². The third kappa shape index (κ3) is 1.37. The number of anilines is 2. The predicted octanol–water partition coefficient (Wildman–Crippen LogP) is 1.09. The average molecular weight is 213 g/mol. The van der Waals surface area contributed by atoms with E-state index >= 15 is 0 Å². The lowest BCUT2D eigenvalue weighted by molar-refractivity contribution is 1.09. The first-order valence-electron chi connectivity index (χ1n) is 5.15. The largest absolute Gasteiger partial charge is 0.369 e. The van der Waals surface area contributed by atoms with Gasteiger partial charge in [-0.3, -0.25) is 4.98 Å². The number of nitrogens with one attached hydrogen (secondary N) is 1. The molecule has 0 unspecified atom stereocenters. The molecule has 0 aromatic carbocycles. The van der Waals surface area contributed by atoms with E-state index in [1.807, 2.05) is 12.1 Å². The fraction of sp³-hybridized carbons (Fsp3) is 0.182. The smallest absolute Gasteiger partial charge is 0.222 e. The van der Waals surface area contributed by atoms with Gasteiger partial charge in [0.1, 0.15) is 5.82 Å². The van der Waals surface area contributed by atoms with Gasteiger partial charge in [0, 0.05) is 30.1 Å². The summed E-state index contributed by atoms with van der Waals surface area (Å²) in [5, 5.41) is 3.20. The average Bonchev–Trinajstić information content (AvgIpc) is 2.77. The maximum atomic E-state index is 5.69. The van der Waals surface area contributed by atoms with Crippen LogP contribution in [0.1, 0.15) is 5.56 Å². The molecular weight excluding hydrogens is 202 g/mol. The van der Waals surface area contributed by atoms with Gasteiger partial charge in [0.05, 0.1) is 5.69 Å². The highest BCUT2D eigenvalue weighted by Crippen LogP contribution is 2.30. The minimum Gasteiger partial charge on any atom is -0.369 e. The van der Waals surface area contributed by atoms with E-state index < -0.39 is 0 Å². The number of nitrogens with two attached hydrogens (primary N) is 1. The van der Waals surface area contributed by atoms with E-state index in [2.05, 4.69) is 20.3 Å². The van der Waals surface area contributed by atoms with Gasteiger partial charge < -0.3 is 11.1 Å². The molecule has 3 heterocycles. The van der Waals surface area contributed by atoms with Crippen LogP contribution >= 0.6 is 0 Å². The maximum absolute atomic E-state index is 5.69. The topological polar surface area (TPSA) is 76.7 Å². The van der Waals surface area contributed by atoms with Crippen LogP contribution < -0.4 is 11.1 Å². The summed E-state index contributed by atoms with van der Waals surface area (Å²) >= 11 is 0. The van der Waals surface area contributed by atoms with Crippen LogP contribution in [0, 0.1) is 0 Å². The molecule has 0 aliphatic carbocycles. The predicted molar refractivity (Wildman–Crippen MR) is 61.9 cm³/mol. The first kappa shape index (κ1) is 9.08. The van der Waals surface area contributed by atoms with Crippen molar-refractivity contribution in [3.8, 4) is 11.3 Å². The molecule has 5 heteroatoms. The van der Waals surface area contributed by atoms with Crippen molar-refractivity contribution in [1.82, 2.24) is 15.0 Å². The zero-order valence-corrected chi connectivity index (χ0v) is 8.64. The van der Waals surface area contributed by atoms with E-state index in [-0.39, 0.29) is 0 Å². The Labute approximate surface area is 92.8 Å². The molecule has 0 saturated heterocycles. The normalized spacial score (nSPS) is 13.2. The summed E-state index contributed by atoms with van der Waals surface area (Å²) in [6, 6.07) is 3.86. The number of fused-ring (bicyclic) bond motifs is 1. The quantitative estimate of drug-likeness (QED) is 0.741. The Morgan fingerprint density at radius 3 is 2.81 bits per heavy atom. The van der Waals surface area contributed by atoms with Crippen molar-refractivity contribution in [3.63, 3.8) is 0 Å². The Morgan fingerprint density at radius 1 is 1.19 bits per heavy atom. The summed E-state index contributed by atoms with van der Waals surface area (Å²) in [5.74, 6) is 1.17. The molecule has 0 spiro atoms. The van der Waals surface area contributed by atoms with Gasteiger partial charge in [-0.05, 0) is 18.6 Å². The van der Waals surface area contributed by atoms with Crippen molar-refractivity contribution in [2.45, 2.75) is 6.42 Å². The van der Waals surface area contributed by atoms with Gasteiger partial charge in [-0.1, -0.05) is 0 Å². The fourth-order valence-corrected chi connectivity index (χ4v) is 1.94. The van der Waals surface area contributed by atoms with Crippen molar-refractivity contribution in [1.29, 1.82) is 0 Å². The van der Waals surface area contributed by atoms with Crippen molar-refractivity contribution in [2.24, 2.45) is 0 Å². The molecular formula is C11H11N5. The first-order chi connectivity index (χ1) is 7.84. The summed E-state index contributed by atoms with van der Waals surface area (Å²) in [7, 11) is 0. The molecule has 3 N–H and O–H groups in total. The Morgan fingerprint density at radius 2 is 2.00 bits per heavy atom. The molecule has 80 valence electrons. The van der Waals surface area contributed by atoms with Crippen LogP contribution in [0.3, 0.4) is 0 Å². The Hall–Kier alpha value is -2.17. The maximum Gasteiger partial charge on any atom is 0.222 e. The monoisotopic (exact) mass is 213 g/mol. The Bertz CT molecular complexity index is 523. The molecule has 5 nitrogen and oxygen atoms in total. The summed E-state index contributed by atoms with van der Waals surface area (Å²) in [4.78, 5) is 12.5. The van der Waals surface area contributed by atoms with Gasteiger partial charge in [-0.25, -0.2) is 4.98 Å². The molecule has 0 radical (unpaired) electrons. The lowest BCUT2D eigenvalue weighted by Crippen LogP contribution is -2.01. The van der Waals surface area contributed by atoms with Crippen LogP contribution in [0.4, 0.5) is 11.8 Å². The summed E-state index contributed by atoms with van der Waals surface area (Å²) in [6.45, 7) is 0.894. The van der Waals surface area contributed by atoms with Gasteiger partial charge in [-0.15, -0.1) is 0 Å². The van der Waals surface area contributed by atoms with E-state index in [9.17, 15) is 0 Å². The summed E-state index contributed by atoms with van der Waals surface area (Å²) in [6.07, 6.45) is 4.44. The standard InChI is InChI=1S/C11H11N5/c12-11-15-9(7-1-4-13-5-2-7)8-3-6-14-10(8)16-11/h1-2,4-5H,3,6H2,(H3,12,14,15,16). The fourth-order valence-electron chi connectivity index (χ4n) is 1.94. The second-order valence-electron chi connectivity index (χ2n) is 3.67. The van der Waals surface area contributed by atoms with Crippen molar-refractivity contribution >= 4 is 11.8 Å². The number of aromatic nitrogens is 3. The van der Waals surface area contributed by atoms with E-state index in [1.54, 1.807) is 12.4 Å². The summed E-state index contributed by atoms with van der Waals surface area (Å²) < 4.78 is 0. The zero-order valence-electron chi connectivity index (χ0n) is 8.64. The lowest BCUT2D eigenvalue weighted by Gasteiger charge is -2.07. The van der Waals surface area contributed by atoms with Crippen LogP contribution in [-0.2, 0) is 6.42 Å². The second kappa shape index (κ2) is 3.44. The van der Waals surface area contributed by atoms with E-state index in [0.717, 1.165) is 35.6 Å². The van der Waals surface area contributed by atoms with Gasteiger partial charge in [-0.2, -0.15) is 4.98 Å². The Balaban J connectivity index is 2.21. The highest BCUT2D eigenvalue weighted by atomic mass is 15.1. The number of nitrogen functional groups attached to an aromatic ring is 1. The van der Waals surface area contributed by atoms with Gasteiger partial charge in [0.25, 0.3) is 0 Å². The van der Waals surface area contributed by atoms with E-state index in [4.69, 9.17) is 5.73 Å². The van der Waals surface area contributed by atoms with Crippen LogP contribution in [0.25, 0.3) is 11.3 Å². The van der Waals surface area contributed by atoms with E-state index in [0.29, 0.717) is 5.95 Å². The molecule has 2 aromatic rings. The van der Waals surface area contributed by atoms with Crippen molar-refractivity contribution in [3.05, 3.63) is 30.1 Å². The van der Waals surface area contributed by atoms with E-state index in [1.165, 1.54) is 0 Å². The molecule has 3 rings (SSSR count). The molecule has 2 aromatic heterocycles. The second-order valence-corrected chi connectivity index (χ2v) is 3.67. The summed E-state index contributed by atoms with van der Waals surface area (Å²) in [5.41, 5.74) is 8.77. The number of nitrogens with zero attached hydrogens (tertiary/aromatic N) is 3. The zero-order chi connectivity index (χ0) is 11.0. The number of rotatable bonds is 1. The Kier molecular flexibility index (Phi) is 1.96. The lowest BCUT2D eigenvalue weighted by atomic mass is 10.1. The highest BCUT2D eigenvalue weighted by molar-refractivity contribution is 5.71. The van der Waals surface area contributed by atoms with Crippen molar-refractivity contribution < 1.29 is 0 Å². The number of hydrogen-bond acceptors (Lipinski definition) is 5. The highest BCUT2D eigenvalue weighted by Gasteiger charge is 2.18. The SMILES string of the molecule is Nc1nc2c(c(-c3ccncc3)n1)CCN2. The third-order valence-corrected chi connectivity index (χ3v) is 2.65. The van der Waals surface area contributed by atoms with Crippen molar-refractivity contribution in [2.75, 3.05) is 17.6 Å². The minimum atomic E-state index is 0.306. The molecule has 0 saturated carbocycles. The molecule has 0 bridgehead atoms. The van der Waals surface area contributed by atoms with Crippen LogP contribution in [-0.4, -0.2) is 21.5 Å². The van der Waals surface area contributed by atoms with Crippen LogP contribution in [0.5, 0.6) is 0 Å². The van der Waals surface area contributed by atoms with Crippen LogP contribution in [0.15, 0.2) is 24.5 Å².